The molecule has 1 aromatic heterocycles. The molecule has 0 bridgehead atoms. The summed E-state index contributed by atoms with van der Waals surface area (Å²) in [5.74, 6) is 0.720. The smallest absolute Gasteiger partial charge is 0.261 e. The van der Waals surface area contributed by atoms with Crippen molar-refractivity contribution < 1.29 is 9.53 Å². The number of nitrogens with zero attached hydrogens (tertiary/aromatic N) is 1. The van der Waals surface area contributed by atoms with Crippen molar-refractivity contribution in [3.05, 3.63) is 48.3 Å². The topological polar surface area (TPSA) is 67.0 Å². The molecule has 1 atom stereocenters. The van der Waals surface area contributed by atoms with Gasteiger partial charge < -0.3 is 10.1 Å². The molecule has 2 N–H and O–H groups in total. The van der Waals surface area contributed by atoms with E-state index < -0.39 is 6.10 Å². The standard InChI is InChI=1S/C16H21N3O2/c1-12(2)15(21-14-6-4-3-5-7-14)16(20)17-9-8-13-10-18-19-11-13/h3-7,10-12,15H,8-9H2,1-2H3,(H,17,20)(H,18,19)/t15-/m1/s1. The molecule has 1 amide bonds. The summed E-state index contributed by atoms with van der Waals surface area (Å²) >= 11 is 0. The number of hydrogen-bond donors (Lipinski definition) is 2. The van der Waals surface area contributed by atoms with Gasteiger partial charge in [-0.1, -0.05) is 32.0 Å². The van der Waals surface area contributed by atoms with Crippen molar-refractivity contribution in [1.29, 1.82) is 0 Å². The normalized spacial score (nSPS) is 12.1. The third kappa shape index (κ3) is 4.63. The molecule has 0 spiro atoms. The second-order valence-electron chi connectivity index (χ2n) is 5.24. The van der Waals surface area contributed by atoms with Gasteiger partial charge in [0.1, 0.15) is 5.75 Å². The molecule has 2 rings (SSSR count). The number of aromatic amines is 1. The molecule has 1 aromatic carbocycles. The second-order valence-corrected chi connectivity index (χ2v) is 5.24. The van der Waals surface area contributed by atoms with E-state index in [1.807, 2.05) is 50.4 Å². The Kier molecular flexibility index (Phi) is 5.37. The Labute approximate surface area is 124 Å². The molecule has 0 fully saturated rings. The zero-order valence-corrected chi connectivity index (χ0v) is 12.4. The molecule has 0 saturated carbocycles. The molecule has 0 aliphatic carbocycles. The average Bonchev–Trinajstić information content (AvgIpc) is 2.98. The number of rotatable bonds is 7. The molecule has 5 heteroatoms. The van der Waals surface area contributed by atoms with Gasteiger partial charge in [-0.25, -0.2) is 0 Å². The number of carbonyl (C=O) groups excluding carboxylic acids is 1. The third-order valence-electron chi connectivity index (χ3n) is 3.14. The fraction of sp³-hybridized carbons (Fsp3) is 0.375. The van der Waals surface area contributed by atoms with Gasteiger partial charge in [0.2, 0.25) is 0 Å². The molecular formula is C16H21N3O2. The number of aromatic nitrogens is 2. The number of para-hydroxylation sites is 1. The number of hydrogen-bond acceptors (Lipinski definition) is 3. The fourth-order valence-corrected chi connectivity index (χ4v) is 1.98. The van der Waals surface area contributed by atoms with Crippen molar-refractivity contribution in [3.8, 4) is 5.75 Å². The van der Waals surface area contributed by atoms with E-state index in [4.69, 9.17) is 4.74 Å². The summed E-state index contributed by atoms with van der Waals surface area (Å²) in [5, 5.41) is 9.55. The molecule has 0 unspecified atom stereocenters. The van der Waals surface area contributed by atoms with E-state index in [1.165, 1.54) is 0 Å². The Morgan fingerprint density at radius 2 is 2.10 bits per heavy atom. The number of carbonyl (C=O) groups is 1. The van der Waals surface area contributed by atoms with Gasteiger partial charge in [0.15, 0.2) is 6.10 Å². The van der Waals surface area contributed by atoms with Crippen LogP contribution in [0.4, 0.5) is 0 Å². The first kappa shape index (κ1) is 15.1. The quantitative estimate of drug-likeness (QED) is 0.820. The number of amides is 1. The lowest BCUT2D eigenvalue weighted by Gasteiger charge is -2.21. The van der Waals surface area contributed by atoms with Crippen LogP contribution in [0.25, 0.3) is 0 Å². The van der Waals surface area contributed by atoms with Crippen molar-refractivity contribution >= 4 is 5.91 Å². The van der Waals surface area contributed by atoms with Crippen molar-refractivity contribution in [3.63, 3.8) is 0 Å². The van der Waals surface area contributed by atoms with Crippen LogP contribution in [0.2, 0.25) is 0 Å². The lowest BCUT2D eigenvalue weighted by atomic mass is 10.1. The summed E-state index contributed by atoms with van der Waals surface area (Å²) in [6, 6.07) is 9.41. The van der Waals surface area contributed by atoms with Crippen LogP contribution in [-0.4, -0.2) is 28.8 Å². The Bertz CT molecular complexity index is 538. The minimum atomic E-state index is -0.489. The zero-order valence-electron chi connectivity index (χ0n) is 12.4. The van der Waals surface area contributed by atoms with Gasteiger partial charge in [0.05, 0.1) is 6.20 Å². The van der Waals surface area contributed by atoms with Gasteiger partial charge in [0, 0.05) is 12.7 Å². The highest BCUT2D eigenvalue weighted by Gasteiger charge is 2.23. The Balaban J connectivity index is 1.87. The molecule has 0 aliphatic heterocycles. The van der Waals surface area contributed by atoms with Crippen molar-refractivity contribution in [2.24, 2.45) is 5.92 Å². The maximum atomic E-state index is 12.3. The van der Waals surface area contributed by atoms with Gasteiger partial charge in [-0.3, -0.25) is 9.89 Å². The molecule has 0 radical (unpaired) electrons. The maximum Gasteiger partial charge on any atom is 0.261 e. The molecule has 21 heavy (non-hydrogen) atoms. The number of benzene rings is 1. The van der Waals surface area contributed by atoms with Gasteiger partial charge in [0.25, 0.3) is 5.91 Å². The summed E-state index contributed by atoms with van der Waals surface area (Å²) in [6.07, 6.45) is 3.84. The predicted molar refractivity (Wildman–Crippen MR) is 81.0 cm³/mol. The summed E-state index contributed by atoms with van der Waals surface area (Å²) in [7, 11) is 0. The monoisotopic (exact) mass is 287 g/mol. The number of H-pyrrole nitrogens is 1. The minimum Gasteiger partial charge on any atom is -0.480 e. The number of nitrogens with one attached hydrogen (secondary N) is 2. The van der Waals surface area contributed by atoms with Crippen molar-refractivity contribution in [1.82, 2.24) is 15.5 Å². The maximum absolute atomic E-state index is 12.3. The van der Waals surface area contributed by atoms with Crippen LogP contribution in [-0.2, 0) is 11.2 Å². The molecule has 1 heterocycles. The van der Waals surface area contributed by atoms with Crippen LogP contribution in [0.1, 0.15) is 19.4 Å². The van der Waals surface area contributed by atoms with E-state index in [0.29, 0.717) is 12.3 Å². The first-order chi connectivity index (χ1) is 10.2. The highest BCUT2D eigenvalue weighted by atomic mass is 16.5. The molecule has 5 nitrogen and oxygen atoms in total. The lowest BCUT2D eigenvalue weighted by molar-refractivity contribution is -0.129. The highest BCUT2D eigenvalue weighted by Crippen LogP contribution is 2.15. The van der Waals surface area contributed by atoms with E-state index in [2.05, 4.69) is 15.5 Å². The zero-order chi connectivity index (χ0) is 15.1. The van der Waals surface area contributed by atoms with E-state index in [9.17, 15) is 4.79 Å². The van der Waals surface area contributed by atoms with E-state index in [0.717, 1.165) is 12.0 Å². The molecule has 2 aromatic rings. The molecule has 0 saturated heterocycles. The van der Waals surface area contributed by atoms with Gasteiger partial charge in [-0.05, 0) is 30.0 Å². The third-order valence-corrected chi connectivity index (χ3v) is 3.14. The molecule has 112 valence electrons. The summed E-state index contributed by atoms with van der Waals surface area (Å²) in [4.78, 5) is 12.3. The predicted octanol–water partition coefficient (Wildman–Crippen LogP) is 2.17. The molecule has 0 aliphatic rings. The van der Waals surface area contributed by atoms with Crippen LogP contribution in [0.3, 0.4) is 0 Å². The van der Waals surface area contributed by atoms with E-state index >= 15 is 0 Å². The van der Waals surface area contributed by atoms with E-state index in [-0.39, 0.29) is 11.8 Å². The SMILES string of the molecule is CC(C)[C@@H](Oc1ccccc1)C(=O)NCCc1cn[nH]c1. The Morgan fingerprint density at radius 3 is 2.71 bits per heavy atom. The van der Waals surface area contributed by atoms with E-state index in [1.54, 1.807) is 6.20 Å². The van der Waals surface area contributed by atoms with Gasteiger partial charge in [-0.15, -0.1) is 0 Å². The second kappa shape index (κ2) is 7.47. The Morgan fingerprint density at radius 1 is 1.33 bits per heavy atom. The van der Waals surface area contributed by atoms with Gasteiger partial charge >= 0.3 is 0 Å². The van der Waals surface area contributed by atoms with Gasteiger partial charge in [-0.2, -0.15) is 5.10 Å². The van der Waals surface area contributed by atoms with Crippen LogP contribution in [0, 0.1) is 5.92 Å². The average molecular weight is 287 g/mol. The summed E-state index contributed by atoms with van der Waals surface area (Å²) in [5.41, 5.74) is 1.07. The van der Waals surface area contributed by atoms with Crippen LogP contribution >= 0.6 is 0 Å². The van der Waals surface area contributed by atoms with Crippen molar-refractivity contribution in [2.45, 2.75) is 26.4 Å². The van der Waals surface area contributed by atoms with Crippen molar-refractivity contribution in [2.75, 3.05) is 6.54 Å². The molecular weight excluding hydrogens is 266 g/mol. The first-order valence-corrected chi connectivity index (χ1v) is 7.14. The summed E-state index contributed by atoms with van der Waals surface area (Å²) in [6.45, 7) is 4.52. The van der Waals surface area contributed by atoms with Crippen LogP contribution < -0.4 is 10.1 Å². The first-order valence-electron chi connectivity index (χ1n) is 7.14. The highest BCUT2D eigenvalue weighted by molar-refractivity contribution is 5.81. The lowest BCUT2D eigenvalue weighted by Crippen LogP contribution is -2.42. The minimum absolute atomic E-state index is 0.0858. The fourth-order valence-electron chi connectivity index (χ4n) is 1.98. The number of ether oxygens (including phenoxy) is 1. The Hall–Kier alpha value is -2.30. The summed E-state index contributed by atoms with van der Waals surface area (Å²) < 4.78 is 5.79. The van der Waals surface area contributed by atoms with Crippen LogP contribution in [0.5, 0.6) is 5.75 Å². The van der Waals surface area contributed by atoms with Crippen LogP contribution in [0.15, 0.2) is 42.7 Å². The largest absolute Gasteiger partial charge is 0.480 e.